The van der Waals surface area contributed by atoms with Gasteiger partial charge < -0.3 is 36.0 Å². The summed E-state index contributed by atoms with van der Waals surface area (Å²) in [6, 6.07) is 32.7. The van der Waals surface area contributed by atoms with Gasteiger partial charge >= 0.3 is 0 Å². The van der Waals surface area contributed by atoms with Crippen LogP contribution in [0.15, 0.2) is 115 Å². The van der Waals surface area contributed by atoms with Gasteiger partial charge in [-0.3, -0.25) is 0 Å². The SMILES string of the molecule is CC(C)(C)c1cc(-n2nc3ccccc3[n+]2[O-])c(O)c(C(C)(C)C)c1.Cc1cc(-n2nc3ccccc3[n+]2[O-])c(O)c(C(C)(C)C)c1.[O-][n+]1c2ccccc2nn1-c1ccc(O)cc1O. The average Bonchev–Trinajstić information content (AvgIpc) is 3.88. The average molecular weight is 880 g/mol. The van der Waals surface area contributed by atoms with Crippen LogP contribution < -0.4 is 14.5 Å². The second kappa shape index (κ2) is 16.7. The second-order valence-corrected chi connectivity index (χ2v) is 18.9. The molecule has 0 aliphatic rings. The third-order valence-corrected chi connectivity index (χ3v) is 10.8. The van der Waals surface area contributed by atoms with E-state index < -0.39 is 0 Å². The van der Waals surface area contributed by atoms with Gasteiger partial charge in [0.1, 0.15) is 5.75 Å². The van der Waals surface area contributed by atoms with E-state index in [4.69, 9.17) is 0 Å². The standard InChI is InChI=1S/C20H25N3O2.C17H19N3O2.C12H9N3O3/c1-19(2,3)13-11-14(20(4,5)6)18(24)17(12-13)22-21-15-9-7-8-10-16(15)23(22)25;1-11-9-12(17(2,3)4)16(21)15(10-11)19-18-13-7-5-6-8-14(13)20(19)22;16-8-5-6-11(12(17)7-8)14-13-9-3-1-2-4-10(9)15(14)18/h7-12,24H,1-6H3;5-10,21H,1-4H3;1-7,16-17H. The van der Waals surface area contributed by atoms with Gasteiger partial charge in [0.2, 0.25) is 33.1 Å². The smallest absolute Gasteiger partial charge is 0.250 e. The molecule has 0 saturated heterocycles. The molecule has 336 valence electrons. The molecule has 3 aromatic heterocycles. The molecule has 0 radical (unpaired) electrons. The van der Waals surface area contributed by atoms with Gasteiger partial charge in [0, 0.05) is 17.2 Å². The van der Waals surface area contributed by atoms with E-state index in [0.717, 1.165) is 38.0 Å². The maximum absolute atomic E-state index is 12.7. The summed E-state index contributed by atoms with van der Waals surface area (Å²) >= 11 is 0. The number of hydrogen-bond acceptors (Lipinski definition) is 10. The lowest BCUT2D eigenvalue weighted by molar-refractivity contribution is -0.664. The first-order valence-electron chi connectivity index (χ1n) is 20.9. The molecule has 9 rings (SSSR count). The molecule has 65 heavy (non-hydrogen) atoms. The van der Waals surface area contributed by atoms with Crippen LogP contribution in [0.4, 0.5) is 0 Å². The molecule has 0 amide bonds. The van der Waals surface area contributed by atoms with E-state index in [1.54, 1.807) is 66.7 Å². The van der Waals surface area contributed by atoms with Crippen LogP contribution in [0.25, 0.3) is 50.2 Å². The first kappa shape index (κ1) is 45.2. The Hall–Kier alpha value is -7.88. The van der Waals surface area contributed by atoms with Gasteiger partial charge in [0.15, 0.2) is 34.3 Å². The third kappa shape index (κ3) is 8.87. The van der Waals surface area contributed by atoms with Gasteiger partial charge in [-0.15, -0.1) is 14.5 Å². The Kier molecular flexibility index (Phi) is 11.6. The van der Waals surface area contributed by atoms with Gasteiger partial charge in [-0.05, 0) is 109 Å². The summed E-state index contributed by atoms with van der Waals surface area (Å²) in [6.07, 6.45) is 0. The summed E-state index contributed by atoms with van der Waals surface area (Å²) in [5.41, 5.74) is 7.07. The van der Waals surface area contributed by atoms with Crippen molar-refractivity contribution in [2.24, 2.45) is 0 Å². The van der Waals surface area contributed by atoms with Crippen LogP contribution in [0.5, 0.6) is 23.0 Å². The molecular formula is C49H53N9O7. The zero-order chi connectivity index (χ0) is 47.3. The van der Waals surface area contributed by atoms with Gasteiger partial charge in [0.25, 0.3) is 0 Å². The van der Waals surface area contributed by atoms with Gasteiger partial charge in [-0.25, -0.2) is 0 Å². The van der Waals surface area contributed by atoms with Crippen molar-refractivity contribution in [3.8, 4) is 40.1 Å². The predicted molar refractivity (Wildman–Crippen MR) is 248 cm³/mol. The van der Waals surface area contributed by atoms with Crippen LogP contribution >= 0.6 is 0 Å². The third-order valence-electron chi connectivity index (χ3n) is 10.8. The molecule has 6 aromatic carbocycles. The van der Waals surface area contributed by atoms with Crippen LogP contribution in [0.3, 0.4) is 0 Å². The summed E-state index contributed by atoms with van der Waals surface area (Å²) in [4.78, 5) is 5.51. The quantitative estimate of drug-likeness (QED) is 0.0991. The Morgan fingerprint density at radius 1 is 0.446 bits per heavy atom. The molecule has 0 aliphatic carbocycles. The lowest BCUT2D eigenvalue weighted by Crippen LogP contribution is -2.37. The van der Waals surface area contributed by atoms with Gasteiger partial charge in [-0.1, -0.05) is 111 Å². The molecular weight excluding hydrogens is 827 g/mol. The number of rotatable bonds is 3. The summed E-state index contributed by atoms with van der Waals surface area (Å²) in [5.74, 6) is -0.105. The Morgan fingerprint density at radius 2 is 0.831 bits per heavy atom. The molecule has 0 saturated carbocycles. The van der Waals surface area contributed by atoms with E-state index >= 15 is 0 Å². The van der Waals surface area contributed by atoms with E-state index in [-0.39, 0.29) is 44.9 Å². The van der Waals surface area contributed by atoms with Gasteiger partial charge in [-0.2, -0.15) is 0 Å². The first-order chi connectivity index (χ1) is 30.4. The van der Waals surface area contributed by atoms with Crippen molar-refractivity contribution in [1.29, 1.82) is 0 Å². The van der Waals surface area contributed by atoms with E-state index in [1.165, 1.54) is 21.7 Å². The van der Waals surface area contributed by atoms with Crippen molar-refractivity contribution in [2.45, 2.75) is 85.5 Å². The van der Waals surface area contributed by atoms with Crippen molar-refractivity contribution in [2.75, 3.05) is 0 Å². The molecule has 0 unspecified atom stereocenters. The number of fused-ring (bicyclic) bond motifs is 3. The zero-order valence-corrected chi connectivity index (χ0v) is 38.0. The van der Waals surface area contributed by atoms with E-state index in [0.29, 0.717) is 54.2 Å². The van der Waals surface area contributed by atoms with Crippen molar-refractivity contribution in [3.63, 3.8) is 0 Å². The van der Waals surface area contributed by atoms with Crippen LogP contribution in [0.1, 0.15) is 84.6 Å². The highest BCUT2D eigenvalue weighted by molar-refractivity contribution is 5.72. The van der Waals surface area contributed by atoms with Crippen molar-refractivity contribution < 1.29 is 35.0 Å². The van der Waals surface area contributed by atoms with Crippen molar-refractivity contribution >= 4 is 33.1 Å². The maximum Gasteiger partial charge on any atom is 0.250 e. The lowest BCUT2D eigenvalue weighted by atomic mass is 9.80. The van der Waals surface area contributed by atoms with Gasteiger partial charge in [0.05, 0.1) is 15.3 Å². The topological polar surface area (TPSA) is 215 Å². The first-order valence-corrected chi connectivity index (χ1v) is 20.9. The molecule has 9 aromatic rings. The van der Waals surface area contributed by atoms with Crippen molar-refractivity contribution in [3.05, 3.63) is 153 Å². The van der Waals surface area contributed by atoms with Crippen molar-refractivity contribution in [1.82, 2.24) is 29.7 Å². The van der Waals surface area contributed by atoms with E-state index in [9.17, 15) is 36.0 Å². The summed E-state index contributed by atoms with van der Waals surface area (Å²) < 4.78 is 0. The monoisotopic (exact) mass is 879 g/mol. The largest absolute Gasteiger partial charge is 0.692 e. The molecule has 16 nitrogen and oxygen atoms in total. The number of aromatic nitrogens is 9. The van der Waals surface area contributed by atoms with E-state index in [1.807, 2.05) is 78.8 Å². The number of phenols is 4. The molecule has 4 N–H and O–H groups in total. The predicted octanol–water partition coefficient (Wildman–Crippen LogP) is 8.00. The molecule has 0 aliphatic heterocycles. The highest BCUT2D eigenvalue weighted by atomic mass is 16.5. The number of aromatic hydroxyl groups is 4. The maximum atomic E-state index is 12.7. The molecule has 3 heterocycles. The second-order valence-electron chi connectivity index (χ2n) is 18.9. The molecule has 0 fully saturated rings. The van der Waals surface area contributed by atoms with Crippen LogP contribution in [0.2, 0.25) is 0 Å². The zero-order valence-electron chi connectivity index (χ0n) is 38.0. The number of hydrogen-bond donors (Lipinski definition) is 4. The normalized spacial score (nSPS) is 12.0. The highest BCUT2D eigenvalue weighted by Crippen LogP contribution is 2.39. The summed E-state index contributed by atoms with van der Waals surface area (Å²) in [5, 5.41) is 90.5. The number of benzene rings is 6. The summed E-state index contributed by atoms with van der Waals surface area (Å²) in [7, 11) is 0. The fourth-order valence-electron chi connectivity index (χ4n) is 7.26. The Bertz CT molecular complexity index is 3220. The lowest BCUT2D eigenvalue weighted by Gasteiger charge is -2.26. The van der Waals surface area contributed by atoms with E-state index in [2.05, 4.69) is 36.1 Å². The highest BCUT2D eigenvalue weighted by Gasteiger charge is 2.29. The number of nitrogens with zero attached hydrogens (tertiary/aromatic N) is 9. The Balaban J connectivity index is 0.000000147. The summed E-state index contributed by atoms with van der Waals surface area (Å²) in [6.45, 7) is 20.5. The Labute approximate surface area is 375 Å². The number of aryl methyl sites for hydroxylation is 1. The minimum absolute atomic E-state index is 0.0783. The van der Waals surface area contributed by atoms with Crippen LogP contribution in [0, 0.1) is 22.5 Å². The number of phenolic OH excluding ortho intramolecular Hbond substituents is 4. The van der Waals surface area contributed by atoms with Crippen LogP contribution in [-0.4, -0.2) is 50.1 Å². The minimum Gasteiger partial charge on any atom is -0.692 e. The molecule has 0 bridgehead atoms. The fraction of sp³-hybridized carbons (Fsp3) is 0.265. The minimum atomic E-state index is -0.264. The van der Waals surface area contributed by atoms with Crippen LogP contribution in [-0.2, 0) is 16.2 Å². The molecule has 0 spiro atoms. The number of para-hydroxylation sites is 3. The fourth-order valence-corrected chi connectivity index (χ4v) is 7.26. The Morgan fingerprint density at radius 3 is 1.22 bits per heavy atom. The molecule has 0 atom stereocenters. The molecule has 16 heteroatoms.